The van der Waals surface area contributed by atoms with Crippen molar-refractivity contribution in [3.63, 3.8) is 0 Å². The van der Waals surface area contributed by atoms with Gasteiger partial charge in [0.25, 0.3) is 0 Å². The number of nitrogens with one attached hydrogen (secondary N) is 1. The number of hydrogen-bond acceptors (Lipinski definition) is 2. The van der Waals surface area contributed by atoms with E-state index in [1.165, 1.54) is 17.5 Å². The van der Waals surface area contributed by atoms with E-state index in [0.717, 1.165) is 25.7 Å². The molecule has 1 amide bonds. The smallest absolute Gasteiger partial charge is 0.225 e. The Labute approximate surface area is 121 Å². The van der Waals surface area contributed by atoms with Crippen molar-refractivity contribution in [1.82, 2.24) is 5.32 Å². The molecule has 0 aliphatic heterocycles. The van der Waals surface area contributed by atoms with Gasteiger partial charge in [-0.05, 0) is 37.8 Å². The molecule has 2 rings (SSSR count). The zero-order chi connectivity index (χ0) is 14.5. The van der Waals surface area contributed by atoms with Crippen molar-refractivity contribution in [1.29, 1.82) is 0 Å². The molecular formula is C17H26N2O. The zero-order valence-corrected chi connectivity index (χ0v) is 12.6. The van der Waals surface area contributed by atoms with Crippen molar-refractivity contribution in [2.24, 2.45) is 11.7 Å². The van der Waals surface area contributed by atoms with Crippen LogP contribution < -0.4 is 11.1 Å². The van der Waals surface area contributed by atoms with Gasteiger partial charge in [-0.1, -0.05) is 43.5 Å². The molecule has 0 spiro atoms. The van der Waals surface area contributed by atoms with Crippen molar-refractivity contribution < 1.29 is 4.79 Å². The fourth-order valence-corrected chi connectivity index (χ4v) is 3.13. The van der Waals surface area contributed by atoms with Crippen molar-refractivity contribution in [2.75, 3.05) is 0 Å². The van der Waals surface area contributed by atoms with Crippen LogP contribution >= 0.6 is 0 Å². The fraction of sp³-hybridized carbons (Fsp3) is 0.588. The lowest BCUT2D eigenvalue weighted by molar-refractivity contribution is -0.126. The highest BCUT2D eigenvalue weighted by Crippen LogP contribution is 2.24. The largest absolute Gasteiger partial charge is 0.349 e. The number of rotatable bonds is 3. The summed E-state index contributed by atoms with van der Waals surface area (Å²) < 4.78 is 0. The van der Waals surface area contributed by atoms with E-state index >= 15 is 0 Å². The molecule has 0 radical (unpaired) electrons. The topological polar surface area (TPSA) is 55.1 Å². The number of hydrogen-bond donors (Lipinski definition) is 2. The lowest BCUT2D eigenvalue weighted by atomic mass is 9.93. The minimum Gasteiger partial charge on any atom is -0.349 e. The van der Waals surface area contributed by atoms with E-state index in [-0.39, 0.29) is 23.9 Å². The summed E-state index contributed by atoms with van der Waals surface area (Å²) in [5.74, 6) is 0.0964. The molecule has 1 aliphatic carbocycles. The van der Waals surface area contributed by atoms with E-state index in [1.54, 1.807) is 0 Å². The Morgan fingerprint density at radius 1 is 1.25 bits per heavy atom. The Hall–Kier alpha value is -1.35. The lowest BCUT2D eigenvalue weighted by Crippen LogP contribution is -2.42. The third-order valence-electron chi connectivity index (χ3n) is 4.42. The van der Waals surface area contributed by atoms with Crippen LogP contribution in [-0.2, 0) is 4.79 Å². The van der Waals surface area contributed by atoms with Gasteiger partial charge in [0, 0.05) is 6.04 Å². The van der Waals surface area contributed by atoms with E-state index in [4.69, 9.17) is 5.73 Å². The van der Waals surface area contributed by atoms with Crippen molar-refractivity contribution in [2.45, 2.75) is 58.0 Å². The highest BCUT2D eigenvalue weighted by atomic mass is 16.2. The summed E-state index contributed by atoms with van der Waals surface area (Å²) in [6.07, 6.45) is 5.36. The van der Waals surface area contributed by atoms with Crippen LogP contribution in [0.1, 0.15) is 56.2 Å². The Morgan fingerprint density at radius 3 is 2.70 bits per heavy atom. The van der Waals surface area contributed by atoms with Gasteiger partial charge < -0.3 is 11.1 Å². The monoisotopic (exact) mass is 274 g/mol. The molecule has 1 aliphatic rings. The molecule has 0 heterocycles. The van der Waals surface area contributed by atoms with Crippen LogP contribution in [0.5, 0.6) is 0 Å². The maximum Gasteiger partial charge on any atom is 0.225 e. The van der Waals surface area contributed by atoms with Gasteiger partial charge >= 0.3 is 0 Å². The standard InChI is InChI=1S/C17H26N2O/c1-12-8-6-7-9-14(12)13(2)19-17(20)15-10-4-3-5-11-16(15)18/h6-9,13,15-16H,3-5,10-11,18H2,1-2H3,(H,19,20)/t13-,15?,16?/m0/s1. The molecule has 3 nitrogen and oxygen atoms in total. The first-order valence-electron chi connectivity index (χ1n) is 7.71. The van der Waals surface area contributed by atoms with Crippen LogP contribution in [0.2, 0.25) is 0 Å². The second-order valence-corrected chi connectivity index (χ2v) is 6.00. The first-order chi connectivity index (χ1) is 9.59. The third-order valence-corrected chi connectivity index (χ3v) is 4.42. The lowest BCUT2D eigenvalue weighted by Gasteiger charge is -2.24. The van der Waals surface area contributed by atoms with E-state index in [1.807, 2.05) is 19.1 Å². The molecule has 0 saturated heterocycles. The maximum absolute atomic E-state index is 12.5. The Morgan fingerprint density at radius 2 is 1.95 bits per heavy atom. The van der Waals surface area contributed by atoms with Crippen LogP contribution in [0.4, 0.5) is 0 Å². The second kappa shape index (κ2) is 6.89. The summed E-state index contributed by atoms with van der Waals surface area (Å²) in [5, 5.41) is 3.15. The normalized spacial score (nSPS) is 24.8. The SMILES string of the molecule is Cc1ccccc1[C@H](C)NC(=O)C1CCCCCC1N. The Balaban J connectivity index is 2.01. The molecule has 1 aromatic rings. The van der Waals surface area contributed by atoms with Gasteiger partial charge in [0.15, 0.2) is 0 Å². The number of amides is 1. The molecule has 1 fully saturated rings. The van der Waals surface area contributed by atoms with Crippen LogP contribution in [-0.4, -0.2) is 11.9 Å². The molecule has 3 atom stereocenters. The van der Waals surface area contributed by atoms with Gasteiger partial charge in [0.2, 0.25) is 5.91 Å². The van der Waals surface area contributed by atoms with Gasteiger partial charge in [0.05, 0.1) is 12.0 Å². The summed E-state index contributed by atoms with van der Waals surface area (Å²) in [5.41, 5.74) is 8.56. The molecule has 3 N–H and O–H groups in total. The van der Waals surface area contributed by atoms with Crippen LogP contribution in [0.15, 0.2) is 24.3 Å². The Kier molecular flexibility index (Phi) is 5.18. The van der Waals surface area contributed by atoms with Gasteiger partial charge in [-0.15, -0.1) is 0 Å². The van der Waals surface area contributed by atoms with Crippen molar-refractivity contribution >= 4 is 5.91 Å². The van der Waals surface area contributed by atoms with Crippen molar-refractivity contribution in [3.8, 4) is 0 Å². The molecule has 3 heteroatoms. The number of carbonyl (C=O) groups excluding carboxylic acids is 1. The molecular weight excluding hydrogens is 248 g/mol. The summed E-state index contributed by atoms with van der Waals surface area (Å²) in [6.45, 7) is 4.12. The van der Waals surface area contributed by atoms with Gasteiger partial charge in [-0.2, -0.15) is 0 Å². The minimum absolute atomic E-state index is 0.0153. The average Bonchev–Trinajstić information content (AvgIpc) is 2.63. The minimum atomic E-state index is -0.0241. The first kappa shape index (κ1) is 15.0. The third kappa shape index (κ3) is 3.60. The van der Waals surface area contributed by atoms with E-state index in [0.29, 0.717) is 0 Å². The van der Waals surface area contributed by atoms with Gasteiger partial charge in [-0.25, -0.2) is 0 Å². The predicted octanol–water partition coefficient (Wildman–Crippen LogP) is 3.08. The number of benzene rings is 1. The summed E-state index contributed by atoms with van der Waals surface area (Å²) in [7, 11) is 0. The molecule has 20 heavy (non-hydrogen) atoms. The summed E-state index contributed by atoms with van der Waals surface area (Å²) in [4.78, 5) is 12.5. The number of carbonyl (C=O) groups is 1. The first-order valence-corrected chi connectivity index (χ1v) is 7.71. The van der Waals surface area contributed by atoms with Crippen LogP contribution in [0.3, 0.4) is 0 Å². The van der Waals surface area contributed by atoms with E-state index < -0.39 is 0 Å². The van der Waals surface area contributed by atoms with Crippen molar-refractivity contribution in [3.05, 3.63) is 35.4 Å². The molecule has 110 valence electrons. The quantitative estimate of drug-likeness (QED) is 0.832. The maximum atomic E-state index is 12.5. The highest BCUT2D eigenvalue weighted by molar-refractivity contribution is 5.79. The van der Waals surface area contributed by atoms with E-state index in [2.05, 4.69) is 24.4 Å². The van der Waals surface area contributed by atoms with Gasteiger partial charge in [-0.3, -0.25) is 4.79 Å². The molecule has 1 saturated carbocycles. The van der Waals surface area contributed by atoms with E-state index in [9.17, 15) is 4.79 Å². The van der Waals surface area contributed by atoms with Crippen LogP contribution in [0.25, 0.3) is 0 Å². The average molecular weight is 274 g/mol. The summed E-state index contributed by atoms with van der Waals surface area (Å²) >= 11 is 0. The number of nitrogens with two attached hydrogens (primary N) is 1. The Bertz CT molecular complexity index is 458. The zero-order valence-electron chi connectivity index (χ0n) is 12.6. The number of aryl methyl sites for hydroxylation is 1. The second-order valence-electron chi connectivity index (χ2n) is 6.00. The molecule has 0 aromatic heterocycles. The molecule has 0 bridgehead atoms. The molecule has 1 aromatic carbocycles. The fourth-order valence-electron chi connectivity index (χ4n) is 3.13. The van der Waals surface area contributed by atoms with Gasteiger partial charge in [0.1, 0.15) is 0 Å². The predicted molar refractivity (Wildman–Crippen MR) is 82.3 cm³/mol. The van der Waals surface area contributed by atoms with Crippen LogP contribution in [0, 0.1) is 12.8 Å². The highest BCUT2D eigenvalue weighted by Gasteiger charge is 2.28. The molecule has 2 unspecified atom stereocenters. The summed E-state index contributed by atoms with van der Waals surface area (Å²) in [6, 6.07) is 8.25.